The lowest BCUT2D eigenvalue weighted by molar-refractivity contribution is -0.124. The average molecular weight is 285 g/mol. The molecule has 0 spiro atoms. The summed E-state index contributed by atoms with van der Waals surface area (Å²) in [7, 11) is 0. The van der Waals surface area contributed by atoms with E-state index in [1.54, 1.807) is 0 Å². The second-order valence-electron chi connectivity index (χ2n) is 5.85. The van der Waals surface area contributed by atoms with Gasteiger partial charge in [-0.2, -0.15) is 0 Å². The van der Waals surface area contributed by atoms with Gasteiger partial charge in [-0.3, -0.25) is 4.79 Å². The van der Waals surface area contributed by atoms with Crippen LogP contribution in [0.25, 0.3) is 0 Å². The van der Waals surface area contributed by atoms with E-state index >= 15 is 0 Å². The molecule has 1 saturated carbocycles. The number of hydrogen-bond donors (Lipinski definition) is 2. The Kier molecular flexibility index (Phi) is 7.48. The van der Waals surface area contributed by atoms with Gasteiger partial charge in [-0.15, -0.1) is 0 Å². The van der Waals surface area contributed by atoms with Crippen LogP contribution in [-0.4, -0.2) is 55.2 Å². The average Bonchev–Trinajstić information content (AvgIpc) is 3.20. The number of nitrogens with zero attached hydrogens (tertiary/aromatic N) is 1. The van der Waals surface area contributed by atoms with Crippen LogP contribution < -0.4 is 11.1 Å². The van der Waals surface area contributed by atoms with Gasteiger partial charge in [-0.05, 0) is 52.6 Å². The van der Waals surface area contributed by atoms with Gasteiger partial charge in [0.15, 0.2) is 0 Å². The molecule has 5 heteroatoms. The number of nitrogens with two attached hydrogens (primary N) is 1. The molecule has 1 aliphatic rings. The van der Waals surface area contributed by atoms with E-state index in [-0.39, 0.29) is 5.91 Å². The topological polar surface area (TPSA) is 67.6 Å². The number of nitrogens with one attached hydrogen (secondary N) is 1. The molecule has 0 aromatic carbocycles. The summed E-state index contributed by atoms with van der Waals surface area (Å²) >= 11 is 0. The van der Waals surface area contributed by atoms with Crippen molar-refractivity contribution < 1.29 is 9.53 Å². The zero-order valence-electron chi connectivity index (χ0n) is 13.3. The Morgan fingerprint density at radius 3 is 2.60 bits per heavy atom. The largest absolute Gasteiger partial charge is 0.380 e. The predicted molar refractivity (Wildman–Crippen MR) is 81.6 cm³/mol. The van der Waals surface area contributed by atoms with E-state index in [0.29, 0.717) is 6.04 Å². The zero-order valence-corrected chi connectivity index (χ0v) is 13.3. The Morgan fingerprint density at radius 2 is 2.10 bits per heavy atom. The number of amides is 1. The second-order valence-corrected chi connectivity index (χ2v) is 5.85. The smallest absolute Gasteiger partial charge is 0.237 e. The highest BCUT2D eigenvalue weighted by molar-refractivity contribution is 5.84. The highest BCUT2D eigenvalue weighted by Crippen LogP contribution is 2.24. The van der Waals surface area contributed by atoms with Gasteiger partial charge in [0.2, 0.25) is 5.91 Å². The highest BCUT2D eigenvalue weighted by atomic mass is 16.5. The molecule has 3 N–H and O–H groups in total. The van der Waals surface area contributed by atoms with E-state index in [2.05, 4.69) is 17.1 Å². The molecule has 1 atom stereocenters. The maximum Gasteiger partial charge on any atom is 0.237 e. The van der Waals surface area contributed by atoms with Crippen molar-refractivity contribution in [1.82, 2.24) is 10.2 Å². The summed E-state index contributed by atoms with van der Waals surface area (Å²) in [4.78, 5) is 14.0. The SMILES string of the molecule is CCOCCN(CC)CCCC(C)(NC1CC1)C(N)=O. The molecule has 0 bridgehead atoms. The van der Waals surface area contributed by atoms with Crippen molar-refractivity contribution in [2.45, 2.75) is 58.0 Å². The fourth-order valence-corrected chi connectivity index (χ4v) is 2.37. The monoisotopic (exact) mass is 285 g/mol. The number of primary amides is 1. The summed E-state index contributed by atoms with van der Waals surface area (Å²) in [5, 5.41) is 3.39. The van der Waals surface area contributed by atoms with Crippen molar-refractivity contribution in [3.8, 4) is 0 Å². The lowest BCUT2D eigenvalue weighted by Crippen LogP contribution is -2.54. The van der Waals surface area contributed by atoms with Crippen LogP contribution in [0.4, 0.5) is 0 Å². The molecule has 118 valence electrons. The van der Waals surface area contributed by atoms with Gasteiger partial charge in [0.25, 0.3) is 0 Å². The molecule has 1 amide bonds. The van der Waals surface area contributed by atoms with Gasteiger partial charge in [-0.25, -0.2) is 0 Å². The second kappa shape index (κ2) is 8.60. The minimum Gasteiger partial charge on any atom is -0.380 e. The number of rotatable bonds is 12. The maximum absolute atomic E-state index is 11.7. The molecular weight excluding hydrogens is 254 g/mol. The van der Waals surface area contributed by atoms with Gasteiger partial charge in [0.1, 0.15) is 0 Å². The van der Waals surface area contributed by atoms with Crippen LogP contribution in [0.2, 0.25) is 0 Å². The highest BCUT2D eigenvalue weighted by Gasteiger charge is 2.36. The van der Waals surface area contributed by atoms with E-state index in [4.69, 9.17) is 10.5 Å². The van der Waals surface area contributed by atoms with Crippen LogP contribution in [0.15, 0.2) is 0 Å². The van der Waals surface area contributed by atoms with Gasteiger partial charge < -0.3 is 20.7 Å². The standard InChI is InChI=1S/C15H31N3O2/c1-4-18(11-12-20-5-2)10-6-9-15(3,14(16)19)17-13-7-8-13/h13,17H,4-12H2,1-3H3,(H2,16,19). The summed E-state index contributed by atoms with van der Waals surface area (Å²) in [5.74, 6) is -0.234. The molecule has 1 rings (SSSR count). The fourth-order valence-electron chi connectivity index (χ4n) is 2.37. The number of likely N-dealkylation sites (N-methyl/N-ethyl adjacent to an activating group) is 1. The molecule has 1 aliphatic carbocycles. The predicted octanol–water partition coefficient (Wildman–Crippen LogP) is 1.12. The van der Waals surface area contributed by atoms with Crippen molar-refractivity contribution in [2.24, 2.45) is 5.73 Å². The van der Waals surface area contributed by atoms with Crippen LogP contribution in [0.5, 0.6) is 0 Å². The third-order valence-corrected chi connectivity index (χ3v) is 4.00. The molecule has 1 fully saturated rings. The number of carbonyl (C=O) groups is 1. The lowest BCUT2D eigenvalue weighted by atomic mass is 9.94. The number of carbonyl (C=O) groups excluding carboxylic acids is 1. The summed E-state index contributed by atoms with van der Waals surface area (Å²) < 4.78 is 5.38. The Balaban J connectivity index is 2.29. The van der Waals surface area contributed by atoms with Crippen LogP contribution in [0, 0.1) is 0 Å². The number of hydrogen-bond acceptors (Lipinski definition) is 4. The van der Waals surface area contributed by atoms with E-state index < -0.39 is 5.54 Å². The molecule has 0 saturated heterocycles. The van der Waals surface area contributed by atoms with Crippen molar-refractivity contribution in [1.29, 1.82) is 0 Å². The minimum atomic E-state index is -0.555. The lowest BCUT2D eigenvalue weighted by Gasteiger charge is -2.29. The fraction of sp³-hybridized carbons (Fsp3) is 0.933. The molecule has 0 aliphatic heterocycles. The summed E-state index contributed by atoms with van der Waals surface area (Å²) in [6, 6.07) is 0.493. The maximum atomic E-state index is 11.7. The molecule has 0 aromatic heterocycles. The molecule has 0 heterocycles. The molecular formula is C15H31N3O2. The normalized spacial score (nSPS) is 18.2. The van der Waals surface area contributed by atoms with Gasteiger partial charge in [-0.1, -0.05) is 6.92 Å². The summed E-state index contributed by atoms with van der Waals surface area (Å²) in [6.45, 7) is 10.6. The van der Waals surface area contributed by atoms with Crippen LogP contribution in [0.3, 0.4) is 0 Å². The van der Waals surface area contributed by atoms with Gasteiger partial charge in [0.05, 0.1) is 12.1 Å². The van der Waals surface area contributed by atoms with Gasteiger partial charge in [0, 0.05) is 19.2 Å². The first-order chi connectivity index (χ1) is 9.51. The van der Waals surface area contributed by atoms with Crippen molar-refractivity contribution in [2.75, 3.05) is 32.8 Å². The first-order valence-corrected chi connectivity index (χ1v) is 7.89. The first-order valence-electron chi connectivity index (χ1n) is 7.89. The van der Waals surface area contributed by atoms with Crippen LogP contribution in [0.1, 0.15) is 46.5 Å². The molecule has 5 nitrogen and oxygen atoms in total. The van der Waals surface area contributed by atoms with E-state index in [1.165, 1.54) is 0 Å². The zero-order chi connectivity index (χ0) is 15.0. The van der Waals surface area contributed by atoms with E-state index in [1.807, 2.05) is 13.8 Å². The Hall–Kier alpha value is -0.650. The van der Waals surface area contributed by atoms with Crippen molar-refractivity contribution in [3.63, 3.8) is 0 Å². The van der Waals surface area contributed by atoms with Gasteiger partial charge >= 0.3 is 0 Å². The van der Waals surface area contributed by atoms with Crippen LogP contribution in [-0.2, 0) is 9.53 Å². The molecule has 0 radical (unpaired) electrons. The minimum absolute atomic E-state index is 0.234. The third-order valence-electron chi connectivity index (χ3n) is 4.00. The summed E-state index contributed by atoms with van der Waals surface area (Å²) in [6.07, 6.45) is 4.10. The first kappa shape index (κ1) is 17.4. The quantitative estimate of drug-likeness (QED) is 0.527. The van der Waals surface area contributed by atoms with E-state index in [9.17, 15) is 4.79 Å². The van der Waals surface area contributed by atoms with Crippen molar-refractivity contribution >= 4 is 5.91 Å². The summed E-state index contributed by atoms with van der Waals surface area (Å²) in [5.41, 5.74) is 5.00. The van der Waals surface area contributed by atoms with Crippen LogP contribution >= 0.6 is 0 Å². The van der Waals surface area contributed by atoms with Crippen molar-refractivity contribution in [3.05, 3.63) is 0 Å². The molecule has 20 heavy (non-hydrogen) atoms. The Bertz CT molecular complexity index is 295. The Labute approximate surface area is 123 Å². The third kappa shape index (κ3) is 6.20. The Morgan fingerprint density at radius 1 is 1.40 bits per heavy atom. The number of ether oxygens (including phenoxy) is 1. The molecule has 0 aromatic rings. The van der Waals surface area contributed by atoms with E-state index in [0.717, 1.165) is 58.5 Å². The molecule has 1 unspecified atom stereocenters.